The first-order valence-corrected chi connectivity index (χ1v) is 10.5. The number of ether oxygens (including phenoxy) is 2. The minimum absolute atomic E-state index is 0.0652. The first-order chi connectivity index (χ1) is 13.9. The summed E-state index contributed by atoms with van der Waals surface area (Å²) in [6.45, 7) is 4.37. The third-order valence-electron chi connectivity index (χ3n) is 3.86. The van der Waals surface area contributed by atoms with E-state index in [2.05, 4.69) is 4.99 Å². The predicted octanol–water partition coefficient (Wildman–Crippen LogP) is 4.71. The molecule has 0 fully saturated rings. The number of esters is 1. The fourth-order valence-corrected chi connectivity index (χ4v) is 4.29. The van der Waals surface area contributed by atoms with Gasteiger partial charge in [0.1, 0.15) is 12.3 Å². The highest BCUT2D eigenvalue weighted by Crippen LogP contribution is 2.24. The summed E-state index contributed by atoms with van der Waals surface area (Å²) in [5.41, 5.74) is 1.01. The van der Waals surface area contributed by atoms with Crippen LogP contribution in [0.1, 0.15) is 24.2 Å². The Kier molecular flexibility index (Phi) is 6.95. The van der Waals surface area contributed by atoms with Crippen LogP contribution in [0.3, 0.4) is 0 Å². The number of amides is 1. The minimum atomic E-state index is -0.511. The van der Waals surface area contributed by atoms with E-state index in [4.69, 9.17) is 32.7 Å². The number of aromatic nitrogens is 1. The molecule has 152 valence electrons. The van der Waals surface area contributed by atoms with Crippen molar-refractivity contribution in [1.29, 1.82) is 0 Å². The Bertz CT molecular complexity index is 1120. The summed E-state index contributed by atoms with van der Waals surface area (Å²) < 4.78 is 13.1. The molecule has 2 aromatic carbocycles. The highest BCUT2D eigenvalue weighted by atomic mass is 35.5. The van der Waals surface area contributed by atoms with Gasteiger partial charge in [-0.25, -0.2) is 0 Å². The van der Waals surface area contributed by atoms with Crippen molar-refractivity contribution in [3.8, 4) is 5.75 Å². The second-order valence-corrected chi connectivity index (χ2v) is 7.80. The molecular formula is C20H18Cl2N2O4S. The van der Waals surface area contributed by atoms with Gasteiger partial charge in [-0.05, 0) is 50.2 Å². The van der Waals surface area contributed by atoms with Crippen molar-refractivity contribution >= 4 is 56.6 Å². The van der Waals surface area contributed by atoms with Crippen LogP contribution in [0.2, 0.25) is 10.0 Å². The van der Waals surface area contributed by atoms with E-state index in [1.807, 2.05) is 25.1 Å². The number of carbonyl (C=O) groups excluding carboxylic acids is 2. The molecule has 1 aromatic heterocycles. The Hall–Kier alpha value is -2.35. The van der Waals surface area contributed by atoms with Gasteiger partial charge in [0, 0.05) is 15.6 Å². The zero-order valence-electron chi connectivity index (χ0n) is 15.8. The Morgan fingerprint density at radius 1 is 1.07 bits per heavy atom. The SMILES string of the molecule is CCOC(=O)Cn1c(=NC(=O)c2cc(Cl)cc(Cl)c2)sc2cc(OCC)ccc21. The molecule has 6 nitrogen and oxygen atoms in total. The van der Waals surface area contributed by atoms with E-state index in [1.165, 1.54) is 29.5 Å². The zero-order chi connectivity index (χ0) is 21.0. The molecule has 0 aliphatic heterocycles. The van der Waals surface area contributed by atoms with Crippen molar-refractivity contribution < 1.29 is 19.1 Å². The number of halogens is 2. The summed E-state index contributed by atoms with van der Waals surface area (Å²) in [7, 11) is 0. The van der Waals surface area contributed by atoms with Crippen molar-refractivity contribution in [2.24, 2.45) is 4.99 Å². The van der Waals surface area contributed by atoms with Gasteiger partial charge in [0.05, 0.1) is 23.4 Å². The maximum Gasteiger partial charge on any atom is 0.326 e. The lowest BCUT2D eigenvalue weighted by molar-refractivity contribution is -0.143. The summed E-state index contributed by atoms with van der Waals surface area (Å²) in [5, 5.41) is 0.682. The van der Waals surface area contributed by atoms with Gasteiger partial charge in [0.15, 0.2) is 4.80 Å². The van der Waals surface area contributed by atoms with E-state index in [0.717, 1.165) is 10.2 Å². The van der Waals surface area contributed by atoms with E-state index in [9.17, 15) is 9.59 Å². The first kappa shape index (κ1) is 21.4. The molecule has 0 aliphatic carbocycles. The average molecular weight is 453 g/mol. The van der Waals surface area contributed by atoms with Crippen LogP contribution in [0.5, 0.6) is 5.75 Å². The van der Waals surface area contributed by atoms with Gasteiger partial charge < -0.3 is 14.0 Å². The lowest BCUT2D eigenvalue weighted by atomic mass is 10.2. The van der Waals surface area contributed by atoms with Gasteiger partial charge in [-0.15, -0.1) is 0 Å². The quantitative estimate of drug-likeness (QED) is 0.507. The van der Waals surface area contributed by atoms with Gasteiger partial charge in [0.2, 0.25) is 0 Å². The second kappa shape index (κ2) is 9.43. The molecule has 0 saturated heterocycles. The number of thiazole rings is 1. The number of benzene rings is 2. The molecule has 1 heterocycles. The maximum atomic E-state index is 12.7. The third-order valence-corrected chi connectivity index (χ3v) is 5.34. The molecule has 0 radical (unpaired) electrons. The molecule has 0 bridgehead atoms. The molecule has 3 rings (SSSR count). The number of hydrogen-bond donors (Lipinski definition) is 0. The highest BCUT2D eigenvalue weighted by Gasteiger charge is 2.14. The molecule has 0 atom stereocenters. The van der Waals surface area contributed by atoms with E-state index in [-0.39, 0.29) is 18.7 Å². The summed E-state index contributed by atoms with van der Waals surface area (Å²) in [6, 6.07) is 10.0. The fourth-order valence-electron chi connectivity index (χ4n) is 2.71. The smallest absolute Gasteiger partial charge is 0.326 e. The number of rotatable bonds is 6. The molecule has 9 heteroatoms. The Labute approximate surface area is 181 Å². The molecule has 0 N–H and O–H groups in total. The third kappa shape index (κ3) is 5.18. The zero-order valence-corrected chi connectivity index (χ0v) is 18.1. The van der Waals surface area contributed by atoms with Crippen molar-refractivity contribution in [3.63, 3.8) is 0 Å². The Morgan fingerprint density at radius 2 is 1.79 bits per heavy atom. The van der Waals surface area contributed by atoms with Crippen LogP contribution in [-0.4, -0.2) is 29.7 Å². The van der Waals surface area contributed by atoms with Gasteiger partial charge in [-0.3, -0.25) is 9.59 Å². The standard InChI is InChI=1S/C20H18Cl2N2O4S/c1-3-27-15-5-6-16-17(10-15)29-20(24(16)11-18(25)28-4-2)23-19(26)12-7-13(21)9-14(22)8-12/h5-10H,3-4,11H2,1-2H3. The molecule has 29 heavy (non-hydrogen) atoms. The first-order valence-electron chi connectivity index (χ1n) is 8.88. The molecule has 0 aliphatic rings. The molecular weight excluding hydrogens is 435 g/mol. The van der Waals surface area contributed by atoms with Crippen LogP contribution >= 0.6 is 34.5 Å². The Morgan fingerprint density at radius 3 is 2.45 bits per heavy atom. The summed E-state index contributed by atoms with van der Waals surface area (Å²) in [4.78, 5) is 29.4. The van der Waals surface area contributed by atoms with Gasteiger partial charge >= 0.3 is 5.97 Å². The normalized spacial score (nSPS) is 11.7. The van der Waals surface area contributed by atoms with Crippen molar-refractivity contribution in [3.05, 3.63) is 56.8 Å². The highest BCUT2D eigenvalue weighted by molar-refractivity contribution is 7.16. The van der Waals surface area contributed by atoms with E-state index >= 15 is 0 Å². The number of carbonyl (C=O) groups is 2. The maximum absolute atomic E-state index is 12.7. The van der Waals surface area contributed by atoms with Crippen LogP contribution in [0.25, 0.3) is 10.2 Å². The predicted molar refractivity (Wildman–Crippen MR) is 114 cm³/mol. The largest absolute Gasteiger partial charge is 0.494 e. The summed E-state index contributed by atoms with van der Waals surface area (Å²) in [6.07, 6.45) is 0. The number of fused-ring (bicyclic) bond motifs is 1. The van der Waals surface area contributed by atoms with Gasteiger partial charge in [0.25, 0.3) is 5.91 Å². The second-order valence-electron chi connectivity index (χ2n) is 5.91. The molecule has 0 saturated carbocycles. The summed E-state index contributed by atoms with van der Waals surface area (Å²) in [5.74, 6) is -0.228. The average Bonchev–Trinajstić information content (AvgIpc) is 2.97. The van der Waals surface area contributed by atoms with Crippen LogP contribution in [-0.2, 0) is 16.1 Å². The lowest BCUT2D eigenvalue weighted by Crippen LogP contribution is -2.23. The summed E-state index contributed by atoms with van der Waals surface area (Å²) >= 11 is 13.3. The van der Waals surface area contributed by atoms with Crippen molar-refractivity contribution in [1.82, 2.24) is 4.57 Å². The fraction of sp³-hybridized carbons (Fsp3) is 0.250. The van der Waals surface area contributed by atoms with Crippen LogP contribution in [0, 0.1) is 0 Å². The van der Waals surface area contributed by atoms with E-state index in [0.29, 0.717) is 27.2 Å². The molecule has 0 spiro atoms. The number of hydrogen-bond acceptors (Lipinski definition) is 5. The van der Waals surface area contributed by atoms with E-state index in [1.54, 1.807) is 11.5 Å². The molecule has 1 amide bonds. The molecule has 0 unspecified atom stereocenters. The Balaban J connectivity index is 2.11. The van der Waals surface area contributed by atoms with Crippen LogP contribution in [0.15, 0.2) is 41.4 Å². The van der Waals surface area contributed by atoms with Gasteiger partial charge in [-0.1, -0.05) is 34.5 Å². The number of nitrogens with zero attached hydrogens (tertiary/aromatic N) is 2. The lowest BCUT2D eigenvalue weighted by Gasteiger charge is -2.06. The minimum Gasteiger partial charge on any atom is -0.494 e. The van der Waals surface area contributed by atoms with Crippen molar-refractivity contribution in [2.75, 3.05) is 13.2 Å². The van der Waals surface area contributed by atoms with E-state index < -0.39 is 11.9 Å². The topological polar surface area (TPSA) is 69.9 Å². The van der Waals surface area contributed by atoms with Crippen LogP contribution < -0.4 is 9.54 Å². The van der Waals surface area contributed by atoms with Crippen LogP contribution in [0.4, 0.5) is 0 Å². The van der Waals surface area contributed by atoms with Crippen molar-refractivity contribution in [2.45, 2.75) is 20.4 Å². The monoisotopic (exact) mass is 452 g/mol. The molecule has 3 aromatic rings. The van der Waals surface area contributed by atoms with Gasteiger partial charge in [-0.2, -0.15) is 4.99 Å².